The number of carbonyl (C=O) groups excluding carboxylic acids is 2. The lowest BCUT2D eigenvalue weighted by Crippen LogP contribution is -3.14. The van der Waals surface area contributed by atoms with E-state index in [0.717, 1.165) is 54.4 Å². The third-order valence-corrected chi connectivity index (χ3v) is 6.19. The van der Waals surface area contributed by atoms with Crippen molar-refractivity contribution >= 4 is 17.5 Å². The first kappa shape index (κ1) is 23.0. The maximum atomic E-state index is 12.7. The number of quaternary nitrogens is 2. The van der Waals surface area contributed by atoms with Crippen LogP contribution in [0.3, 0.4) is 0 Å². The molecule has 0 aliphatic carbocycles. The lowest BCUT2D eigenvalue weighted by atomic mass is 10.1. The van der Waals surface area contributed by atoms with Gasteiger partial charge in [-0.05, 0) is 37.5 Å². The highest BCUT2D eigenvalue weighted by Gasteiger charge is 2.26. The minimum absolute atomic E-state index is 0.0600. The quantitative estimate of drug-likeness (QED) is 0.586. The highest BCUT2D eigenvalue weighted by Crippen LogP contribution is 2.18. The second kappa shape index (κ2) is 10.6. The summed E-state index contributed by atoms with van der Waals surface area (Å²) in [6.07, 6.45) is 0. The Kier molecular flexibility index (Phi) is 7.82. The van der Waals surface area contributed by atoms with E-state index in [2.05, 4.69) is 36.5 Å². The van der Waals surface area contributed by atoms with E-state index in [0.29, 0.717) is 6.54 Å². The van der Waals surface area contributed by atoms with Crippen LogP contribution in [0.1, 0.15) is 22.3 Å². The van der Waals surface area contributed by atoms with Crippen LogP contribution in [-0.2, 0) is 16.1 Å². The highest BCUT2D eigenvalue weighted by molar-refractivity contribution is 5.93. The normalized spacial score (nSPS) is 15.5. The lowest BCUT2D eigenvalue weighted by Gasteiger charge is -2.32. The Morgan fingerprint density at radius 2 is 1.55 bits per heavy atom. The molecule has 1 unspecified atom stereocenters. The van der Waals surface area contributed by atoms with Gasteiger partial charge in [0.05, 0.1) is 33.2 Å². The summed E-state index contributed by atoms with van der Waals surface area (Å²) in [7, 11) is 1.90. The molecule has 1 saturated heterocycles. The van der Waals surface area contributed by atoms with Crippen LogP contribution >= 0.6 is 0 Å². The zero-order chi connectivity index (χ0) is 22.4. The average molecular weight is 425 g/mol. The zero-order valence-corrected chi connectivity index (χ0v) is 19.3. The van der Waals surface area contributed by atoms with Crippen molar-refractivity contribution in [1.29, 1.82) is 0 Å². The van der Waals surface area contributed by atoms with Crippen molar-refractivity contribution in [2.24, 2.45) is 0 Å². The van der Waals surface area contributed by atoms with E-state index in [1.165, 1.54) is 16.0 Å². The maximum absolute atomic E-state index is 12.7. The summed E-state index contributed by atoms with van der Waals surface area (Å²) in [6.45, 7) is 11.3. The summed E-state index contributed by atoms with van der Waals surface area (Å²) in [5, 5.41) is 3.01. The van der Waals surface area contributed by atoms with Gasteiger partial charge in [-0.15, -0.1) is 0 Å². The van der Waals surface area contributed by atoms with E-state index >= 15 is 0 Å². The molecular formula is C25H36N4O2+2. The first-order valence-electron chi connectivity index (χ1n) is 11.2. The van der Waals surface area contributed by atoms with Gasteiger partial charge in [0.1, 0.15) is 6.54 Å². The molecule has 3 rings (SSSR count). The van der Waals surface area contributed by atoms with Gasteiger partial charge in [0.2, 0.25) is 0 Å². The second-order valence-electron chi connectivity index (χ2n) is 8.86. The number of piperazine rings is 1. The molecule has 0 bridgehead atoms. The van der Waals surface area contributed by atoms with E-state index in [4.69, 9.17) is 0 Å². The molecule has 1 heterocycles. The van der Waals surface area contributed by atoms with Gasteiger partial charge in [-0.3, -0.25) is 9.59 Å². The minimum Gasteiger partial charge on any atom is -0.328 e. The molecule has 1 aliphatic heterocycles. The number of likely N-dealkylation sites (N-methyl/N-ethyl adjacent to an activating group) is 1. The number of aryl methyl sites for hydroxylation is 3. The fourth-order valence-electron chi connectivity index (χ4n) is 4.23. The van der Waals surface area contributed by atoms with Crippen LogP contribution in [0, 0.1) is 20.8 Å². The first-order valence-corrected chi connectivity index (χ1v) is 11.2. The first-order chi connectivity index (χ1) is 14.8. The van der Waals surface area contributed by atoms with Crippen molar-refractivity contribution in [3.8, 4) is 0 Å². The molecular weight excluding hydrogens is 388 g/mol. The molecule has 1 aliphatic rings. The Morgan fingerprint density at radius 3 is 2.19 bits per heavy atom. The molecule has 31 heavy (non-hydrogen) atoms. The largest absolute Gasteiger partial charge is 0.328 e. The van der Waals surface area contributed by atoms with Gasteiger partial charge in [0.15, 0.2) is 13.1 Å². The molecule has 2 aromatic carbocycles. The average Bonchev–Trinajstić information content (AvgIpc) is 2.73. The van der Waals surface area contributed by atoms with Crippen LogP contribution < -0.4 is 15.1 Å². The fourth-order valence-corrected chi connectivity index (χ4v) is 4.23. The number of nitrogens with one attached hydrogen (secondary N) is 3. The number of benzene rings is 2. The Morgan fingerprint density at radius 1 is 0.935 bits per heavy atom. The number of hydrogen-bond acceptors (Lipinski definition) is 2. The van der Waals surface area contributed by atoms with Crippen molar-refractivity contribution in [3.05, 3.63) is 64.7 Å². The topological polar surface area (TPSA) is 58.3 Å². The molecule has 0 aromatic heterocycles. The van der Waals surface area contributed by atoms with E-state index in [1.54, 1.807) is 0 Å². The summed E-state index contributed by atoms with van der Waals surface area (Å²) in [5.41, 5.74) is 5.69. The van der Waals surface area contributed by atoms with Crippen molar-refractivity contribution in [2.75, 3.05) is 51.6 Å². The van der Waals surface area contributed by atoms with E-state index in [9.17, 15) is 9.59 Å². The summed E-state index contributed by atoms with van der Waals surface area (Å²) in [5.74, 6) is 0.0718. The van der Waals surface area contributed by atoms with Gasteiger partial charge >= 0.3 is 0 Å². The minimum atomic E-state index is -0.0600. The molecule has 1 atom stereocenters. The molecule has 6 nitrogen and oxygen atoms in total. The number of rotatable bonds is 7. The van der Waals surface area contributed by atoms with Crippen LogP contribution in [0.15, 0.2) is 42.5 Å². The van der Waals surface area contributed by atoms with Crippen LogP contribution in [0.25, 0.3) is 0 Å². The van der Waals surface area contributed by atoms with Crippen LogP contribution in [-0.4, -0.2) is 63.0 Å². The SMILES string of the molecule is Cc1ccccc1C[NH+]1CCN(C(=O)C[NH+](C)CC(=O)Nc2c(C)cccc2C)CC1. The van der Waals surface area contributed by atoms with Crippen molar-refractivity contribution < 1.29 is 19.4 Å². The smallest absolute Gasteiger partial charge is 0.279 e. The van der Waals surface area contributed by atoms with E-state index in [-0.39, 0.29) is 18.4 Å². The van der Waals surface area contributed by atoms with Crippen molar-refractivity contribution in [1.82, 2.24) is 4.90 Å². The van der Waals surface area contributed by atoms with Gasteiger partial charge in [-0.2, -0.15) is 0 Å². The highest BCUT2D eigenvalue weighted by atomic mass is 16.2. The molecule has 1 fully saturated rings. The van der Waals surface area contributed by atoms with Gasteiger partial charge in [-0.1, -0.05) is 42.5 Å². The molecule has 6 heteroatoms. The van der Waals surface area contributed by atoms with Crippen LogP contribution in [0.4, 0.5) is 5.69 Å². The number of anilines is 1. The Bertz CT molecular complexity index is 899. The third-order valence-electron chi connectivity index (χ3n) is 6.19. The molecule has 166 valence electrons. The van der Waals surface area contributed by atoms with Gasteiger partial charge in [-0.25, -0.2) is 0 Å². The number of carbonyl (C=O) groups is 2. The summed E-state index contributed by atoms with van der Waals surface area (Å²) in [6, 6.07) is 14.5. The molecule has 2 aromatic rings. The molecule has 2 amide bonds. The standard InChI is InChI=1S/C25H34N4O2/c1-19-8-5-6-11-22(19)16-28-12-14-29(15-13-28)24(31)18-27(4)17-23(30)26-25-20(2)9-7-10-21(25)3/h5-11H,12-18H2,1-4H3,(H,26,30)/p+2. The molecule has 0 spiro atoms. The Labute approximate surface area is 185 Å². The number of nitrogens with zero attached hydrogens (tertiary/aromatic N) is 1. The summed E-state index contributed by atoms with van der Waals surface area (Å²) < 4.78 is 0. The number of hydrogen-bond donors (Lipinski definition) is 3. The van der Waals surface area contributed by atoms with Crippen molar-refractivity contribution in [2.45, 2.75) is 27.3 Å². The summed E-state index contributed by atoms with van der Waals surface area (Å²) >= 11 is 0. The maximum Gasteiger partial charge on any atom is 0.279 e. The number of para-hydroxylation sites is 1. The van der Waals surface area contributed by atoms with Crippen LogP contribution in [0.2, 0.25) is 0 Å². The Balaban J connectivity index is 1.43. The predicted molar refractivity (Wildman–Crippen MR) is 123 cm³/mol. The van der Waals surface area contributed by atoms with E-state index in [1.807, 2.05) is 44.0 Å². The monoisotopic (exact) mass is 424 g/mol. The number of amides is 2. The molecule has 0 saturated carbocycles. The fraction of sp³-hybridized carbons (Fsp3) is 0.440. The zero-order valence-electron chi connectivity index (χ0n) is 19.3. The Hall–Kier alpha value is -2.70. The molecule has 0 radical (unpaired) electrons. The summed E-state index contributed by atoms with van der Waals surface area (Å²) in [4.78, 5) is 29.6. The second-order valence-corrected chi connectivity index (χ2v) is 8.86. The molecule has 3 N–H and O–H groups in total. The predicted octanol–water partition coefficient (Wildman–Crippen LogP) is -0.00764. The van der Waals surface area contributed by atoms with Gasteiger partial charge < -0.3 is 20.0 Å². The van der Waals surface area contributed by atoms with Crippen LogP contribution in [0.5, 0.6) is 0 Å². The third kappa shape index (κ3) is 6.39. The van der Waals surface area contributed by atoms with E-state index < -0.39 is 0 Å². The van der Waals surface area contributed by atoms with Gasteiger partial charge in [0, 0.05) is 11.3 Å². The van der Waals surface area contributed by atoms with Gasteiger partial charge in [0.25, 0.3) is 11.8 Å². The van der Waals surface area contributed by atoms with Crippen molar-refractivity contribution in [3.63, 3.8) is 0 Å². The lowest BCUT2D eigenvalue weighted by molar-refractivity contribution is -0.917.